The molecule has 33 heavy (non-hydrogen) atoms. The van der Waals surface area contributed by atoms with E-state index in [1.807, 2.05) is 24.3 Å². The summed E-state index contributed by atoms with van der Waals surface area (Å²) in [6.07, 6.45) is 5.45. The van der Waals surface area contributed by atoms with Gasteiger partial charge in [-0.25, -0.2) is 4.98 Å². The number of anilines is 1. The van der Waals surface area contributed by atoms with Gasteiger partial charge in [0.2, 0.25) is 5.91 Å². The molecule has 9 heteroatoms. The van der Waals surface area contributed by atoms with Crippen molar-refractivity contribution in [2.45, 2.75) is 19.3 Å². The Morgan fingerprint density at radius 1 is 1.09 bits per heavy atom. The third-order valence-electron chi connectivity index (χ3n) is 5.19. The number of fused-ring (bicyclic) bond motifs is 1. The number of likely N-dealkylation sites (tertiary alicyclic amines) is 1. The van der Waals surface area contributed by atoms with E-state index < -0.39 is 11.7 Å². The van der Waals surface area contributed by atoms with Crippen molar-refractivity contribution in [3.8, 4) is 11.5 Å². The molecule has 0 bridgehead atoms. The van der Waals surface area contributed by atoms with Gasteiger partial charge in [-0.1, -0.05) is 23.5 Å². The molecule has 1 aliphatic rings. The van der Waals surface area contributed by atoms with Gasteiger partial charge in [-0.2, -0.15) is 0 Å². The van der Waals surface area contributed by atoms with Crippen LogP contribution in [-0.2, 0) is 9.59 Å². The lowest BCUT2D eigenvalue weighted by molar-refractivity contribution is -0.126. The SMILES string of the molecule is O=C(COc1ccc(C(=O)C=CC(=O)N2CCCCC2)c(O)c1)Nc1nc2ccccc2s1. The van der Waals surface area contributed by atoms with Crippen molar-refractivity contribution in [3.63, 3.8) is 0 Å². The molecule has 0 radical (unpaired) electrons. The third-order valence-corrected chi connectivity index (χ3v) is 6.14. The average Bonchev–Trinajstić information content (AvgIpc) is 3.24. The number of aromatic nitrogens is 1. The van der Waals surface area contributed by atoms with Crippen LogP contribution < -0.4 is 10.1 Å². The van der Waals surface area contributed by atoms with E-state index in [9.17, 15) is 19.5 Å². The summed E-state index contributed by atoms with van der Waals surface area (Å²) in [5.74, 6) is -1.15. The average molecular weight is 466 g/mol. The van der Waals surface area contributed by atoms with Crippen LogP contribution in [-0.4, -0.2) is 52.3 Å². The number of ether oxygens (including phenoxy) is 1. The maximum Gasteiger partial charge on any atom is 0.264 e. The first-order valence-electron chi connectivity index (χ1n) is 10.6. The first kappa shape index (κ1) is 22.5. The van der Waals surface area contributed by atoms with Crippen LogP contribution in [0.4, 0.5) is 5.13 Å². The van der Waals surface area contributed by atoms with Crippen molar-refractivity contribution >= 4 is 44.3 Å². The van der Waals surface area contributed by atoms with Crippen LogP contribution >= 0.6 is 11.3 Å². The van der Waals surface area contributed by atoms with Crippen molar-refractivity contribution in [2.75, 3.05) is 25.0 Å². The topological polar surface area (TPSA) is 109 Å². The van der Waals surface area contributed by atoms with E-state index in [2.05, 4.69) is 10.3 Å². The number of thiazole rings is 1. The van der Waals surface area contributed by atoms with Gasteiger partial charge in [-0.15, -0.1) is 0 Å². The van der Waals surface area contributed by atoms with Crippen LogP contribution in [0.15, 0.2) is 54.6 Å². The third kappa shape index (κ3) is 5.75. The Bertz CT molecular complexity index is 1180. The molecule has 170 valence electrons. The standard InChI is InChI=1S/C24H23N3O5S/c28-19(10-11-23(31)27-12-4-1-5-13-27)17-9-8-16(14-20(17)29)32-15-22(30)26-24-25-18-6-2-3-7-21(18)33-24/h2-3,6-11,14,29H,1,4-5,12-13,15H2,(H,25,26,30). The summed E-state index contributed by atoms with van der Waals surface area (Å²) in [6, 6.07) is 11.7. The highest BCUT2D eigenvalue weighted by Gasteiger charge is 2.16. The first-order chi connectivity index (χ1) is 16.0. The van der Waals surface area contributed by atoms with Crippen LogP contribution in [0.5, 0.6) is 11.5 Å². The number of benzene rings is 2. The first-order valence-corrected chi connectivity index (χ1v) is 11.4. The second-order valence-corrected chi connectivity index (χ2v) is 8.62. The molecule has 2 heterocycles. The maximum atomic E-state index is 12.4. The van der Waals surface area contributed by atoms with Gasteiger partial charge in [-0.05, 0) is 49.6 Å². The Labute approximate surface area is 194 Å². The van der Waals surface area contributed by atoms with Crippen molar-refractivity contribution in [1.29, 1.82) is 0 Å². The minimum absolute atomic E-state index is 0.0453. The van der Waals surface area contributed by atoms with Crippen LogP contribution in [0.3, 0.4) is 0 Å². The Morgan fingerprint density at radius 3 is 2.64 bits per heavy atom. The normalized spacial score (nSPS) is 13.9. The van der Waals surface area contributed by atoms with Crippen LogP contribution in [0.25, 0.3) is 10.2 Å². The number of para-hydroxylation sites is 1. The summed E-state index contributed by atoms with van der Waals surface area (Å²) in [5, 5.41) is 13.4. The number of nitrogens with one attached hydrogen (secondary N) is 1. The van der Waals surface area contributed by atoms with E-state index in [1.54, 1.807) is 4.90 Å². The second kappa shape index (κ2) is 10.3. The van der Waals surface area contributed by atoms with Gasteiger partial charge in [0, 0.05) is 25.2 Å². The van der Waals surface area contributed by atoms with Gasteiger partial charge in [0.1, 0.15) is 11.5 Å². The molecule has 1 aromatic heterocycles. The fourth-order valence-electron chi connectivity index (χ4n) is 3.50. The fraction of sp³-hybridized carbons (Fsp3) is 0.250. The van der Waals surface area contributed by atoms with Gasteiger partial charge < -0.3 is 14.7 Å². The number of phenols is 1. The summed E-state index contributed by atoms with van der Waals surface area (Å²) in [6.45, 7) is 1.11. The number of piperidine rings is 1. The second-order valence-electron chi connectivity index (χ2n) is 7.59. The molecule has 0 aliphatic carbocycles. The van der Waals surface area contributed by atoms with Gasteiger partial charge in [0.05, 0.1) is 15.8 Å². The number of rotatable bonds is 7. The van der Waals surface area contributed by atoms with Crippen LogP contribution in [0.1, 0.15) is 29.6 Å². The monoisotopic (exact) mass is 465 g/mol. The van der Waals surface area contributed by atoms with E-state index in [4.69, 9.17) is 4.74 Å². The Kier molecular flexibility index (Phi) is 6.99. The van der Waals surface area contributed by atoms with E-state index >= 15 is 0 Å². The number of carbonyl (C=O) groups excluding carboxylic acids is 3. The number of phenolic OH excluding ortho intramolecular Hbond substituents is 1. The molecule has 1 aliphatic heterocycles. The zero-order valence-electron chi connectivity index (χ0n) is 17.8. The Balaban J connectivity index is 1.31. The van der Waals surface area contributed by atoms with Crippen LogP contribution in [0.2, 0.25) is 0 Å². The Morgan fingerprint density at radius 2 is 1.88 bits per heavy atom. The molecular weight excluding hydrogens is 442 g/mol. The molecule has 0 spiro atoms. The summed E-state index contributed by atoms with van der Waals surface area (Å²) in [4.78, 5) is 42.8. The van der Waals surface area contributed by atoms with E-state index in [-0.39, 0.29) is 29.6 Å². The number of aromatic hydroxyl groups is 1. The van der Waals surface area contributed by atoms with Gasteiger partial charge in [0.15, 0.2) is 17.5 Å². The van der Waals surface area contributed by atoms with Crippen molar-refractivity contribution in [1.82, 2.24) is 9.88 Å². The molecule has 1 saturated heterocycles. The van der Waals surface area contributed by atoms with Gasteiger partial charge >= 0.3 is 0 Å². The lowest BCUT2D eigenvalue weighted by Gasteiger charge is -2.25. The predicted octanol–water partition coefficient (Wildman–Crippen LogP) is 3.77. The smallest absolute Gasteiger partial charge is 0.264 e. The highest BCUT2D eigenvalue weighted by atomic mass is 32.1. The molecular formula is C24H23N3O5S. The zero-order valence-corrected chi connectivity index (χ0v) is 18.6. The maximum absolute atomic E-state index is 12.4. The summed E-state index contributed by atoms with van der Waals surface area (Å²) >= 11 is 1.36. The number of amides is 2. The quantitative estimate of drug-likeness (QED) is 0.406. The number of allylic oxidation sites excluding steroid dienone is 1. The largest absolute Gasteiger partial charge is 0.507 e. The van der Waals surface area contributed by atoms with E-state index in [0.717, 1.165) is 35.6 Å². The number of carbonyl (C=O) groups is 3. The zero-order chi connectivity index (χ0) is 23.2. The molecule has 3 aromatic rings. The van der Waals surface area contributed by atoms with E-state index in [0.29, 0.717) is 18.2 Å². The molecule has 8 nitrogen and oxygen atoms in total. The lowest BCUT2D eigenvalue weighted by atomic mass is 10.1. The minimum atomic E-state index is -0.488. The predicted molar refractivity (Wildman–Crippen MR) is 126 cm³/mol. The molecule has 4 rings (SSSR count). The number of hydrogen-bond donors (Lipinski definition) is 2. The molecule has 1 fully saturated rings. The van der Waals surface area contributed by atoms with Crippen LogP contribution in [0, 0.1) is 0 Å². The molecule has 0 atom stereocenters. The molecule has 2 amide bonds. The van der Waals surface area contributed by atoms with E-state index in [1.165, 1.54) is 35.6 Å². The highest BCUT2D eigenvalue weighted by Crippen LogP contribution is 2.26. The van der Waals surface area contributed by atoms with Crippen molar-refractivity contribution < 1.29 is 24.2 Å². The number of hydrogen-bond acceptors (Lipinski definition) is 7. The highest BCUT2D eigenvalue weighted by molar-refractivity contribution is 7.22. The van der Waals surface area contributed by atoms with Crippen molar-refractivity contribution in [2.24, 2.45) is 0 Å². The molecule has 0 unspecified atom stereocenters. The lowest BCUT2D eigenvalue weighted by Crippen LogP contribution is -2.34. The molecule has 2 N–H and O–H groups in total. The fourth-order valence-corrected chi connectivity index (χ4v) is 4.38. The number of nitrogens with zero attached hydrogens (tertiary/aromatic N) is 2. The molecule has 2 aromatic carbocycles. The summed E-state index contributed by atoms with van der Waals surface area (Å²) < 4.78 is 6.39. The molecule has 0 saturated carbocycles. The summed E-state index contributed by atoms with van der Waals surface area (Å²) in [5.41, 5.74) is 0.847. The van der Waals surface area contributed by atoms with Crippen molar-refractivity contribution in [3.05, 3.63) is 60.2 Å². The summed E-state index contributed by atoms with van der Waals surface area (Å²) in [7, 11) is 0. The Hall–Kier alpha value is -3.72. The van der Waals surface area contributed by atoms with Gasteiger partial charge in [0.25, 0.3) is 5.91 Å². The number of ketones is 1. The van der Waals surface area contributed by atoms with Gasteiger partial charge in [-0.3, -0.25) is 19.7 Å². The minimum Gasteiger partial charge on any atom is -0.507 e.